The van der Waals surface area contributed by atoms with E-state index in [0.717, 1.165) is 19.6 Å². The van der Waals surface area contributed by atoms with Crippen LogP contribution in [0.15, 0.2) is 24.4 Å². The number of nitro benzene ring substituents is 1. The Bertz CT molecular complexity index is 897. The van der Waals surface area contributed by atoms with E-state index in [1.165, 1.54) is 31.4 Å². The van der Waals surface area contributed by atoms with Crippen LogP contribution >= 0.6 is 0 Å². The maximum absolute atomic E-state index is 12.7. The third kappa shape index (κ3) is 4.22. The number of non-ortho nitro benzene ring substituents is 1. The Morgan fingerprint density at radius 1 is 1.21 bits per heavy atom. The number of carbonyl (C=O) groups is 2. The summed E-state index contributed by atoms with van der Waals surface area (Å²) in [7, 11) is 0. The highest BCUT2D eigenvalue weighted by molar-refractivity contribution is 6.45. The number of ketones is 1. The second-order valence-corrected chi connectivity index (χ2v) is 7.49. The topological polar surface area (TPSA) is 97.5 Å². The summed E-state index contributed by atoms with van der Waals surface area (Å²) in [6.45, 7) is 7.07. The van der Waals surface area contributed by atoms with Gasteiger partial charge in [-0.3, -0.25) is 19.7 Å². The molecule has 1 N–H and O–H groups in total. The molecule has 1 aromatic heterocycles. The zero-order chi connectivity index (χ0) is 20.3. The van der Waals surface area contributed by atoms with Gasteiger partial charge in [0.15, 0.2) is 0 Å². The maximum atomic E-state index is 12.7. The molecule has 2 heterocycles. The minimum Gasteiger partial charge on any atom is -0.348 e. The maximum Gasteiger partial charge on any atom is 0.292 e. The molecule has 0 bridgehead atoms. The highest BCUT2D eigenvalue weighted by atomic mass is 16.6. The van der Waals surface area contributed by atoms with Crippen molar-refractivity contribution < 1.29 is 14.5 Å². The minimum atomic E-state index is -0.641. The first-order chi connectivity index (χ1) is 13.4. The highest BCUT2D eigenvalue weighted by Gasteiger charge is 2.23. The summed E-state index contributed by atoms with van der Waals surface area (Å²) < 4.78 is 1.79. The molecule has 0 saturated carbocycles. The van der Waals surface area contributed by atoms with Gasteiger partial charge in [0.2, 0.25) is 0 Å². The summed E-state index contributed by atoms with van der Waals surface area (Å²) in [6, 6.07) is 4.34. The van der Waals surface area contributed by atoms with Crippen molar-refractivity contribution in [1.29, 1.82) is 0 Å². The number of aromatic nitrogens is 1. The Morgan fingerprint density at radius 3 is 2.57 bits per heavy atom. The molecule has 0 spiro atoms. The molecule has 0 aliphatic carbocycles. The van der Waals surface area contributed by atoms with Crippen LogP contribution in [0.25, 0.3) is 10.9 Å². The summed E-state index contributed by atoms with van der Waals surface area (Å²) in [5.74, 6) is -1.25. The first kappa shape index (κ1) is 20.0. The number of fused-ring (bicyclic) bond motifs is 1. The lowest BCUT2D eigenvalue weighted by atomic mass is 10.1. The molecule has 1 aliphatic heterocycles. The number of Topliss-reactive ketones (excluding diaryl/α,β-unsaturated/α-hetero) is 1. The van der Waals surface area contributed by atoms with Gasteiger partial charge in [-0.1, -0.05) is 6.42 Å². The predicted molar refractivity (Wildman–Crippen MR) is 107 cm³/mol. The molecule has 8 heteroatoms. The summed E-state index contributed by atoms with van der Waals surface area (Å²) >= 11 is 0. The van der Waals surface area contributed by atoms with E-state index in [0.29, 0.717) is 17.4 Å². The monoisotopic (exact) mass is 386 g/mol. The Hall–Kier alpha value is -2.74. The lowest BCUT2D eigenvalue weighted by Crippen LogP contribution is -2.39. The van der Waals surface area contributed by atoms with Gasteiger partial charge in [0.05, 0.1) is 16.0 Å². The van der Waals surface area contributed by atoms with Gasteiger partial charge in [0.1, 0.15) is 0 Å². The molecular formula is C20H26N4O4. The molecule has 0 unspecified atom stereocenters. The van der Waals surface area contributed by atoms with E-state index in [1.807, 2.05) is 13.8 Å². The van der Waals surface area contributed by atoms with Gasteiger partial charge in [-0.05, 0) is 45.8 Å². The molecule has 0 radical (unpaired) electrons. The van der Waals surface area contributed by atoms with Crippen LogP contribution in [0.1, 0.15) is 49.5 Å². The van der Waals surface area contributed by atoms with E-state index in [-0.39, 0.29) is 17.3 Å². The Morgan fingerprint density at radius 2 is 1.93 bits per heavy atom. The number of carbonyl (C=O) groups excluding carboxylic acids is 2. The average molecular weight is 386 g/mol. The molecule has 1 aromatic carbocycles. The average Bonchev–Trinajstić information content (AvgIpc) is 3.07. The molecule has 0 atom stereocenters. The normalized spacial score (nSPS) is 15.1. The minimum absolute atomic E-state index is 0.00628. The van der Waals surface area contributed by atoms with Crippen LogP contribution < -0.4 is 5.32 Å². The van der Waals surface area contributed by atoms with Crippen LogP contribution in [-0.2, 0) is 4.79 Å². The van der Waals surface area contributed by atoms with E-state index in [4.69, 9.17) is 0 Å². The third-order valence-corrected chi connectivity index (χ3v) is 5.20. The van der Waals surface area contributed by atoms with Crippen LogP contribution in [0.4, 0.5) is 5.69 Å². The molecule has 1 fully saturated rings. The number of amides is 1. The molecule has 1 aliphatic rings. The molecule has 150 valence electrons. The number of benzene rings is 1. The lowest BCUT2D eigenvalue weighted by Gasteiger charge is -2.26. The number of nitrogens with zero attached hydrogens (tertiary/aromatic N) is 3. The van der Waals surface area contributed by atoms with Crippen LogP contribution in [0, 0.1) is 10.1 Å². The number of piperidine rings is 1. The summed E-state index contributed by atoms with van der Waals surface area (Å²) in [5, 5.41) is 14.3. The number of nitrogens with one attached hydrogen (secondary N) is 1. The fourth-order valence-corrected chi connectivity index (χ4v) is 3.67. The Balaban J connectivity index is 1.76. The van der Waals surface area contributed by atoms with Crippen molar-refractivity contribution in [1.82, 2.24) is 14.8 Å². The number of hydrogen-bond acceptors (Lipinski definition) is 5. The standard InChI is InChI=1S/C20H26N4O4/c1-14(2)23-13-17(16-7-6-15(24(27)28)12-18(16)23)19(25)20(26)21-8-11-22-9-4-3-5-10-22/h6-7,12-14H,3-5,8-11H2,1-2H3,(H,21,26). The van der Waals surface area contributed by atoms with Gasteiger partial charge >= 0.3 is 0 Å². The second-order valence-electron chi connectivity index (χ2n) is 7.49. The largest absolute Gasteiger partial charge is 0.348 e. The van der Waals surface area contributed by atoms with E-state index < -0.39 is 16.6 Å². The van der Waals surface area contributed by atoms with Gasteiger partial charge in [0, 0.05) is 42.8 Å². The number of rotatable bonds is 7. The zero-order valence-corrected chi connectivity index (χ0v) is 16.3. The first-order valence-electron chi connectivity index (χ1n) is 9.72. The van der Waals surface area contributed by atoms with E-state index in [2.05, 4.69) is 10.2 Å². The molecule has 1 amide bonds. The molecular weight excluding hydrogens is 360 g/mol. The van der Waals surface area contributed by atoms with Crippen LogP contribution in [0.5, 0.6) is 0 Å². The van der Waals surface area contributed by atoms with Gasteiger partial charge < -0.3 is 14.8 Å². The fraction of sp³-hybridized carbons (Fsp3) is 0.500. The van der Waals surface area contributed by atoms with Crippen LogP contribution in [-0.4, -0.2) is 52.3 Å². The van der Waals surface area contributed by atoms with Crippen molar-refractivity contribution in [2.24, 2.45) is 0 Å². The third-order valence-electron chi connectivity index (χ3n) is 5.20. The fourth-order valence-electron chi connectivity index (χ4n) is 3.67. The summed E-state index contributed by atoms with van der Waals surface area (Å²) in [4.78, 5) is 38.0. The van der Waals surface area contributed by atoms with E-state index >= 15 is 0 Å². The quantitative estimate of drug-likeness (QED) is 0.341. The first-order valence-corrected chi connectivity index (χ1v) is 9.72. The van der Waals surface area contributed by atoms with E-state index in [9.17, 15) is 19.7 Å². The van der Waals surface area contributed by atoms with Gasteiger partial charge in [-0.15, -0.1) is 0 Å². The molecule has 2 aromatic rings. The molecule has 8 nitrogen and oxygen atoms in total. The van der Waals surface area contributed by atoms with Crippen molar-refractivity contribution in [2.45, 2.75) is 39.2 Å². The number of hydrogen-bond donors (Lipinski definition) is 1. The zero-order valence-electron chi connectivity index (χ0n) is 16.3. The smallest absolute Gasteiger partial charge is 0.292 e. The van der Waals surface area contributed by atoms with Gasteiger partial charge in [-0.2, -0.15) is 0 Å². The van der Waals surface area contributed by atoms with Crippen molar-refractivity contribution in [3.05, 3.63) is 40.1 Å². The number of likely N-dealkylation sites (tertiary alicyclic amines) is 1. The molecule has 3 rings (SSSR count). The van der Waals surface area contributed by atoms with Crippen molar-refractivity contribution in [3.63, 3.8) is 0 Å². The Kier molecular flexibility index (Phi) is 6.08. The predicted octanol–water partition coefficient (Wildman–Crippen LogP) is 2.92. The summed E-state index contributed by atoms with van der Waals surface area (Å²) in [6.07, 6.45) is 5.21. The van der Waals surface area contributed by atoms with Gasteiger partial charge in [-0.25, -0.2) is 0 Å². The number of nitro groups is 1. The van der Waals surface area contributed by atoms with Crippen molar-refractivity contribution in [3.8, 4) is 0 Å². The van der Waals surface area contributed by atoms with Crippen molar-refractivity contribution in [2.75, 3.05) is 26.2 Å². The molecule has 28 heavy (non-hydrogen) atoms. The highest BCUT2D eigenvalue weighted by Crippen LogP contribution is 2.28. The van der Waals surface area contributed by atoms with Crippen molar-refractivity contribution >= 4 is 28.3 Å². The molecule has 1 saturated heterocycles. The van der Waals surface area contributed by atoms with E-state index in [1.54, 1.807) is 16.8 Å². The van der Waals surface area contributed by atoms with Crippen LogP contribution in [0.3, 0.4) is 0 Å². The Labute approximate surface area is 163 Å². The van der Waals surface area contributed by atoms with Gasteiger partial charge in [0.25, 0.3) is 17.4 Å². The summed E-state index contributed by atoms with van der Waals surface area (Å²) in [5.41, 5.74) is 0.806. The van der Waals surface area contributed by atoms with Crippen LogP contribution in [0.2, 0.25) is 0 Å². The second kappa shape index (κ2) is 8.52. The SMILES string of the molecule is CC(C)n1cc(C(=O)C(=O)NCCN2CCCCC2)c2ccc([N+](=O)[O-])cc21. The lowest BCUT2D eigenvalue weighted by molar-refractivity contribution is -0.384.